The Morgan fingerprint density at radius 2 is 2.25 bits per heavy atom. The topological polar surface area (TPSA) is 33.1 Å². The lowest BCUT2D eigenvalue weighted by Crippen LogP contribution is -2.27. The molecule has 0 aliphatic rings. The first kappa shape index (κ1) is 17.8. The third-order valence-electron chi connectivity index (χ3n) is 3.17. The minimum absolute atomic E-state index is 0.291. The molecule has 0 saturated heterocycles. The van der Waals surface area contributed by atoms with Gasteiger partial charge in [0, 0.05) is 6.54 Å². The van der Waals surface area contributed by atoms with E-state index in [-0.39, 0.29) is 0 Å². The average molecular weight is 319 g/mol. The van der Waals surface area contributed by atoms with Crippen molar-refractivity contribution in [2.75, 3.05) is 39.2 Å². The monoisotopic (exact) mass is 318 g/mol. The second-order valence-corrected chi connectivity index (χ2v) is 6.59. The van der Waals surface area contributed by atoms with Crippen molar-refractivity contribution >= 4 is 23.4 Å². The highest BCUT2D eigenvalue weighted by Gasteiger charge is 2.19. The molecule has 0 aromatic carbocycles. The summed E-state index contributed by atoms with van der Waals surface area (Å²) in [6, 6.07) is 0.291. The fourth-order valence-corrected chi connectivity index (χ4v) is 2.83. The molecule has 1 rings (SSSR count). The molecule has 4 nitrogen and oxygen atoms in total. The van der Waals surface area contributed by atoms with Crippen LogP contribution < -0.4 is 5.32 Å². The summed E-state index contributed by atoms with van der Waals surface area (Å²) in [5.74, 6) is 1.12. The van der Waals surface area contributed by atoms with Gasteiger partial charge in [-0.1, -0.05) is 18.5 Å². The Morgan fingerprint density at radius 1 is 1.50 bits per heavy atom. The quantitative estimate of drug-likeness (QED) is 0.719. The van der Waals surface area contributed by atoms with Crippen LogP contribution in [0.3, 0.4) is 0 Å². The number of halogens is 1. The molecular formula is C14H27ClN4S. The van der Waals surface area contributed by atoms with Gasteiger partial charge in [0.2, 0.25) is 0 Å². The summed E-state index contributed by atoms with van der Waals surface area (Å²) in [6.07, 6.45) is 6.11. The molecule has 6 heteroatoms. The van der Waals surface area contributed by atoms with E-state index in [0.717, 1.165) is 48.9 Å². The molecule has 0 spiro atoms. The lowest BCUT2D eigenvalue weighted by atomic mass is 10.1. The van der Waals surface area contributed by atoms with Gasteiger partial charge in [0.05, 0.1) is 29.5 Å². The number of nitrogens with zero attached hydrogens (tertiary/aromatic N) is 3. The van der Waals surface area contributed by atoms with E-state index in [1.807, 2.05) is 11.8 Å². The standard InChI is InChI=1S/C14H27ClN4S/c1-5-7-16-13(6-10-20-4)14-12(15)11-17-19(14)9-8-18(2)3/h11,13,16H,5-10H2,1-4H3. The zero-order valence-corrected chi connectivity index (χ0v) is 14.6. The van der Waals surface area contributed by atoms with Crippen LogP contribution in [0, 0.1) is 0 Å². The van der Waals surface area contributed by atoms with Gasteiger partial charge in [0.1, 0.15) is 0 Å². The van der Waals surface area contributed by atoms with Crippen molar-refractivity contribution in [2.24, 2.45) is 0 Å². The molecule has 1 atom stereocenters. The Morgan fingerprint density at radius 3 is 2.85 bits per heavy atom. The second-order valence-electron chi connectivity index (χ2n) is 5.19. The van der Waals surface area contributed by atoms with E-state index in [1.54, 1.807) is 6.20 Å². The number of hydrogen-bond donors (Lipinski definition) is 1. The molecule has 1 unspecified atom stereocenters. The minimum atomic E-state index is 0.291. The normalized spacial score (nSPS) is 13.1. The van der Waals surface area contributed by atoms with Gasteiger partial charge in [-0.25, -0.2) is 0 Å². The van der Waals surface area contributed by atoms with Crippen LogP contribution in [0.15, 0.2) is 6.20 Å². The molecule has 0 aliphatic carbocycles. The molecule has 0 aliphatic heterocycles. The summed E-state index contributed by atoms with van der Waals surface area (Å²) in [4.78, 5) is 2.16. The van der Waals surface area contributed by atoms with Crippen LogP contribution in [0.25, 0.3) is 0 Å². The molecule has 0 radical (unpaired) electrons. The van der Waals surface area contributed by atoms with E-state index in [2.05, 4.69) is 47.3 Å². The van der Waals surface area contributed by atoms with Gasteiger partial charge in [0.15, 0.2) is 0 Å². The molecule has 0 bridgehead atoms. The number of thioether (sulfide) groups is 1. The van der Waals surface area contributed by atoms with E-state index in [4.69, 9.17) is 11.6 Å². The molecule has 1 aromatic rings. The maximum absolute atomic E-state index is 6.37. The second kappa shape index (κ2) is 9.66. The van der Waals surface area contributed by atoms with Crippen LogP contribution >= 0.6 is 23.4 Å². The van der Waals surface area contributed by atoms with Crippen LogP contribution in [-0.4, -0.2) is 53.9 Å². The molecule has 116 valence electrons. The van der Waals surface area contributed by atoms with Crippen molar-refractivity contribution < 1.29 is 0 Å². The molecule has 0 fully saturated rings. The third kappa shape index (κ3) is 5.64. The van der Waals surface area contributed by atoms with Crippen molar-refractivity contribution in [3.05, 3.63) is 16.9 Å². The van der Waals surface area contributed by atoms with Crippen LogP contribution in [-0.2, 0) is 6.54 Å². The van der Waals surface area contributed by atoms with Gasteiger partial charge in [-0.15, -0.1) is 0 Å². The van der Waals surface area contributed by atoms with Crippen molar-refractivity contribution in [3.63, 3.8) is 0 Å². The Bertz CT molecular complexity index is 373. The van der Waals surface area contributed by atoms with E-state index < -0.39 is 0 Å². The number of hydrogen-bond acceptors (Lipinski definition) is 4. The molecular weight excluding hydrogens is 292 g/mol. The summed E-state index contributed by atoms with van der Waals surface area (Å²) in [7, 11) is 4.15. The summed E-state index contributed by atoms with van der Waals surface area (Å²) in [6.45, 7) is 5.03. The maximum atomic E-state index is 6.37. The van der Waals surface area contributed by atoms with Gasteiger partial charge in [-0.2, -0.15) is 16.9 Å². The largest absolute Gasteiger partial charge is 0.309 e. The van der Waals surface area contributed by atoms with Gasteiger partial charge in [-0.05, 0) is 45.5 Å². The Labute approximate surface area is 132 Å². The van der Waals surface area contributed by atoms with Gasteiger partial charge < -0.3 is 10.2 Å². The highest BCUT2D eigenvalue weighted by Crippen LogP contribution is 2.26. The van der Waals surface area contributed by atoms with Gasteiger partial charge in [-0.3, -0.25) is 4.68 Å². The lowest BCUT2D eigenvalue weighted by molar-refractivity contribution is 0.361. The van der Waals surface area contributed by atoms with Crippen LogP contribution in [0.2, 0.25) is 5.02 Å². The average Bonchev–Trinajstić information content (AvgIpc) is 2.78. The molecule has 1 N–H and O–H groups in total. The summed E-state index contributed by atoms with van der Waals surface area (Å²) in [5.41, 5.74) is 1.14. The van der Waals surface area contributed by atoms with Crippen LogP contribution in [0.4, 0.5) is 0 Å². The predicted molar refractivity (Wildman–Crippen MR) is 89.8 cm³/mol. The van der Waals surface area contributed by atoms with Crippen molar-refractivity contribution in [1.29, 1.82) is 0 Å². The third-order valence-corrected chi connectivity index (χ3v) is 4.11. The Hall–Kier alpha value is -0.230. The minimum Gasteiger partial charge on any atom is -0.309 e. The number of likely N-dealkylation sites (N-methyl/N-ethyl adjacent to an activating group) is 1. The summed E-state index contributed by atoms with van der Waals surface area (Å²) >= 11 is 8.24. The smallest absolute Gasteiger partial charge is 0.0834 e. The van der Waals surface area contributed by atoms with Crippen LogP contribution in [0.1, 0.15) is 31.5 Å². The fourth-order valence-electron chi connectivity index (χ4n) is 2.08. The van der Waals surface area contributed by atoms with E-state index in [9.17, 15) is 0 Å². The zero-order valence-electron chi connectivity index (χ0n) is 13.0. The molecule has 1 aromatic heterocycles. The van der Waals surface area contributed by atoms with Gasteiger partial charge >= 0.3 is 0 Å². The SMILES string of the molecule is CCCNC(CCSC)c1c(Cl)cnn1CCN(C)C. The van der Waals surface area contributed by atoms with E-state index in [0.29, 0.717) is 6.04 Å². The first-order valence-corrected chi connectivity index (χ1v) is 8.95. The lowest BCUT2D eigenvalue weighted by Gasteiger charge is -2.21. The van der Waals surface area contributed by atoms with Crippen molar-refractivity contribution in [1.82, 2.24) is 20.0 Å². The highest BCUT2D eigenvalue weighted by molar-refractivity contribution is 7.98. The predicted octanol–water partition coefficient (Wildman–Crippen LogP) is 2.89. The van der Waals surface area contributed by atoms with E-state index in [1.165, 1.54) is 0 Å². The van der Waals surface area contributed by atoms with Crippen molar-refractivity contribution in [2.45, 2.75) is 32.4 Å². The number of nitrogens with one attached hydrogen (secondary N) is 1. The first-order valence-electron chi connectivity index (χ1n) is 7.18. The Kier molecular flexibility index (Phi) is 8.61. The summed E-state index contributed by atoms with van der Waals surface area (Å²) in [5, 5.41) is 8.82. The highest BCUT2D eigenvalue weighted by atomic mass is 35.5. The fraction of sp³-hybridized carbons (Fsp3) is 0.786. The maximum Gasteiger partial charge on any atom is 0.0834 e. The van der Waals surface area contributed by atoms with Crippen LogP contribution in [0.5, 0.6) is 0 Å². The summed E-state index contributed by atoms with van der Waals surface area (Å²) < 4.78 is 2.05. The number of aromatic nitrogens is 2. The zero-order chi connectivity index (χ0) is 15.0. The van der Waals surface area contributed by atoms with Crippen molar-refractivity contribution in [3.8, 4) is 0 Å². The van der Waals surface area contributed by atoms with Gasteiger partial charge in [0.25, 0.3) is 0 Å². The molecule has 1 heterocycles. The van der Waals surface area contributed by atoms with E-state index >= 15 is 0 Å². The molecule has 20 heavy (non-hydrogen) atoms. The molecule has 0 saturated carbocycles. The molecule has 0 amide bonds. The number of rotatable bonds is 10. The Balaban J connectivity index is 2.83. The first-order chi connectivity index (χ1) is 9.60.